The fourth-order valence-corrected chi connectivity index (χ4v) is 2.52. The van der Waals surface area contributed by atoms with Gasteiger partial charge in [-0.25, -0.2) is 9.67 Å². The highest BCUT2D eigenvalue weighted by molar-refractivity contribution is 14.0. The van der Waals surface area contributed by atoms with Gasteiger partial charge in [0, 0.05) is 14.1 Å². The Morgan fingerprint density at radius 3 is 2.46 bits per heavy atom. The van der Waals surface area contributed by atoms with Crippen LogP contribution in [0.3, 0.4) is 0 Å². The minimum absolute atomic E-state index is 0. The first-order valence-corrected chi connectivity index (χ1v) is 8.71. The molecule has 0 aliphatic rings. The van der Waals surface area contributed by atoms with Crippen LogP contribution in [0.25, 0.3) is 5.69 Å². The molecule has 0 amide bonds. The van der Waals surface area contributed by atoms with E-state index in [2.05, 4.69) is 32.8 Å². The highest BCUT2D eigenvalue weighted by Gasteiger charge is 2.06. The van der Waals surface area contributed by atoms with Gasteiger partial charge >= 0.3 is 0 Å². The van der Waals surface area contributed by atoms with Crippen LogP contribution in [0.15, 0.2) is 65.8 Å². The average molecular weight is 492 g/mol. The lowest BCUT2D eigenvalue weighted by molar-refractivity contribution is 0.414. The van der Waals surface area contributed by atoms with Crippen LogP contribution in [0.2, 0.25) is 0 Å². The summed E-state index contributed by atoms with van der Waals surface area (Å²) >= 11 is 0. The van der Waals surface area contributed by atoms with E-state index in [9.17, 15) is 0 Å². The summed E-state index contributed by atoms with van der Waals surface area (Å²) < 4.78 is 6.92. The molecular formula is C20H25IN6O. The normalized spacial score (nSPS) is 10.9. The van der Waals surface area contributed by atoms with Gasteiger partial charge in [0.1, 0.15) is 11.4 Å². The number of halogens is 1. The Balaban J connectivity index is 0.00000280. The molecule has 0 atom stereocenters. The molecule has 1 heterocycles. The van der Waals surface area contributed by atoms with Crippen LogP contribution < -0.4 is 10.1 Å². The molecule has 7 nitrogen and oxygen atoms in total. The molecule has 0 unspecified atom stereocenters. The Kier molecular flexibility index (Phi) is 8.24. The van der Waals surface area contributed by atoms with Gasteiger partial charge in [0.15, 0.2) is 5.96 Å². The lowest BCUT2D eigenvalue weighted by atomic mass is 10.2. The van der Waals surface area contributed by atoms with Crippen LogP contribution in [0.4, 0.5) is 0 Å². The second-order valence-electron chi connectivity index (χ2n) is 6.23. The number of benzene rings is 2. The number of ether oxygens (including phenoxy) is 1. The largest absolute Gasteiger partial charge is 0.497 e. The Morgan fingerprint density at radius 2 is 1.82 bits per heavy atom. The smallest absolute Gasteiger partial charge is 0.194 e. The van der Waals surface area contributed by atoms with Gasteiger partial charge < -0.3 is 15.0 Å². The monoisotopic (exact) mass is 492 g/mol. The molecule has 0 fully saturated rings. The lowest BCUT2D eigenvalue weighted by Crippen LogP contribution is -2.36. The minimum atomic E-state index is 0. The van der Waals surface area contributed by atoms with Gasteiger partial charge in [-0.15, -0.1) is 29.1 Å². The molecule has 0 spiro atoms. The lowest BCUT2D eigenvalue weighted by Gasteiger charge is -2.17. The van der Waals surface area contributed by atoms with Gasteiger partial charge in [0.05, 0.1) is 32.1 Å². The van der Waals surface area contributed by atoms with E-state index in [-0.39, 0.29) is 24.0 Å². The molecule has 0 saturated carbocycles. The second kappa shape index (κ2) is 10.6. The van der Waals surface area contributed by atoms with Crippen LogP contribution in [-0.4, -0.2) is 47.1 Å². The van der Waals surface area contributed by atoms with Crippen LogP contribution in [0, 0.1) is 0 Å². The molecule has 3 rings (SSSR count). The van der Waals surface area contributed by atoms with Crippen molar-refractivity contribution in [1.29, 1.82) is 0 Å². The van der Waals surface area contributed by atoms with Gasteiger partial charge in [0.2, 0.25) is 0 Å². The number of aliphatic imine (C=N–C) groups is 1. The van der Waals surface area contributed by atoms with Crippen molar-refractivity contribution in [2.75, 3.05) is 21.2 Å². The van der Waals surface area contributed by atoms with E-state index in [1.807, 2.05) is 67.7 Å². The molecule has 1 N–H and O–H groups in total. The third kappa shape index (κ3) is 5.95. The van der Waals surface area contributed by atoms with Crippen molar-refractivity contribution in [3.8, 4) is 11.4 Å². The third-order valence-electron chi connectivity index (χ3n) is 3.98. The Bertz CT molecular complexity index is 877. The molecule has 8 heteroatoms. The average Bonchev–Trinajstić information content (AvgIpc) is 3.17. The standard InChI is InChI=1S/C20H24N6O.HI/c1-25(2)20(21-13-16-7-5-4-6-8-16)22-14-17-15-26(24-23-17)18-9-11-19(27-3)12-10-18;/h4-12,15H,13-14H2,1-3H3,(H,21,22);1H. The molecule has 1 aromatic heterocycles. The van der Waals surface area contributed by atoms with Crippen molar-refractivity contribution in [3.05, 3.63) is 72.1 Å². The van der Waals surface area contributed by atoms with Crippen molar-refractivity contribution in [3.63, 3.8) is 0 Å². The third-order valence-corrected chi connectivity index (χ3v) is 3.98. The maximum atomic E-state index is 5.18. The number of hydrogen-bond acceptors (Lipinski definition) is 4. The quantitative estimate of drug-likeness (QED) is 0.326. The number of aromatic nitrogens is 3. The molecule has 0 aliphatic carbocycles. The van der Waals surface area contributed by atoms with Crippen molar-refractivity contribution < 1.29 is 4.74 Å². The van der Waals surface area contributed by atoms with E-state index in [0.717, 1.165) is 23.1 Å². The van der Waals surface area contributed by atoms with Crippen LogP contribution in [0.1, 0.15) is 11.3 Å². The molecule has 148 valence electrons. The first-order chi connectivity index (χ1) is 13.2. The summed E-state index contributed by atoms with van der Waals surface area (Å²) in [7, 11) is 5.58. The van der Waals surface area contributed by atoms with E-state index >= 15 is 0 Å². The molecular weight excluding hydrogens is 467 g/mol. The number of nitrogens with one attached hydrogen (secondary N) is 1. The number of rotatable bonds is 6. The summed E-state index contributed by atoms with van der Waals surface area (Å²) in [5.74, 6) is 1.61. The summed E-state index contributed by atoms with van der Waals surface area (Å²) in [5.41, 5.74) is 2.93. The Hall–Kier alpha value is -2.62. The summed E-state index contributed by atoms with van der Waals surface area (Å²) in [4.78, 5) is 6.61. The van der Waals surface area contributed by atoms with Crippen molar-refractivity contribution in [2.24, 2.45) is 4.99 Å². The van der Waals surface area contributed by atoms with Gasteiger partial charge in [-0.2, -0.15) is 0 Å². The minimum Gasteiger partial charge on any atom is -0.497 e. The first-order valence-electron chi connectivity index (χ1n) is 8.71. The van der Waals surface area contributed by atoms with Crippen LogP contribution in [-0.2, 0) is 13.1 Å². The van der Waals surface area contributed by atoms with E-state index < -0.39 is 0 Å². The fourth-order valence-electron chi connectivity index (χ4n) is 2.52. The molecule has 2 aromatic carbocycles. The predicted octanol–water partition coefficient (Wildman–Crippen LogP) is 3.10. The van der Waals surface area contributed by atoms with Crippen LogP contribution >= 0.6 is 24.0 Å². The molecule has 0 aliphatic heterocycles. The van der Waals surface area contributed by atoms with Gasteiger partial charge in [-0.05, 0) is 29.8 Å². The maximum absolute atomic E-state index is 5.18. The molecule has 3 aromatic rings. The topological polar surface area (TPSA) is 67.6 Å². The summed E-state index contributed by atoms with van der Waals surface area (Å²) in [6.45, 7) is 1.17. The van der Waals surface area contributed by atoms with Crippen molar-refractivity contribution in [1.82, 2.24) is 25.2 Å². The van der Waals surface area contributed by atoms with Gasteiger partial charge in [-0.3, -0.25) is 0 Å². The summed E-state index contributed by atoms with van der Waals surface area (Å²) in [6, 6.07) is 17.9. The Morgan fingerprint density at radius 1 is 1.11 bits per heavy atom. The number of hydrogen-bond donors (Lipinski definition) is 1. The SMILES string of the molecule is COc1ccc(-n2cc(CNC(=NCc3ccccc3)N(C)C)nn2)cc1.I. The highest BCUT2D eigenvalue weighted by atomic mass is 127. The zero-order valence-corrected chi connectivity index (χ0v) is 18.6. The maximum Gasteiger partial charge on any atom is 0.194 e. The predicted molar refractivity (Wildman–Crippen MR) is 121 cm³/mol. The van der Waals surface area contributed by atoms with Gasteiger partial charge in [-0.1, -0.05) is 35.5 Å². The summed E-state index contributed by atoms with van der Waals surface area (Å²) in [6.07, 6.45) is 1.90. The van der Waals surface area contributed by atoms with E-state index in [1.165, 1.54) is 5.56 Å². The zero-order chi connectivity index (χ0) is 19.1. The molecule has 0 saturated heterocycles. The molecule has 0 bridgehead atoms. The first kappa shape index (κ1) is 21.7. The van der Waals surface area contributed by atoms with E-state index in [0.29, 0.717) is 13.1 Å². The van der Waals surface area contributed by atoms with E-state index in [4.69, 9.17) is 4.74 Å². The van der Waals surface area contributed by atoms with Crippen molar-refractivity contribution >= 4 is 29.9 Å². The number of nitrogens with zero attached hydrogens (tertiary/aromatic N) is 5. The molecule has 0 radical (unpaired) electrons. The number of guanidine groups is 1. The molecule has 28 heavy (non-hydrogen) atoms. The zero-order valence-electron chi connectivity index (χ0n) is 16.2. The Labute approximate surface area is 182 Å². The van der Waals surface area contributed by atoms with Gasteiger partial charge in [0.25, 0.3) is 0 Å². The van der Waals surface area contributed by atoms with Crippen molar-refractivity contribution in [2.45, 2.75) is 13.1 Å². The van der Waals surface area contributed by atoms with Crippen LogP contribution in [0.5, 0.6) is 5.75 Å². The fraction of sp³-hybridized carbons (Fsp3) is 0.250. The highest BCUT2D eigenvalue weighted by Crippen LogP contribution is 2.14. The number of methoxy groups -OCH3 is 1. The van der Waals surface area contributed by atoms with E-state index in [1.54, 1.807) is 11.8 Å². The second-order valence-corrected chi connectivity index (χ2v) is 6.23. The summed E-state index contributed by atoms with van der Waals surface area (Å²) in [5, 5.41) is 11.7.